The molecule has 0 saturated carbocycles. The second-order valence-corrected chi connectivity index (χ2v) is 6.92. The first-order valence-electron chi connectivity index (χ1n) is 8.17. The van der Waals surface area contributed by atoms with Gasteiger partial charge in [-0.3, -0.25) is 14.2 Å². The number of nitrogens with one attached hydrogen (secondary N) is 1. The van der Waals surface area contributed by atoms with Crippen LogP contribution in [0.4, 0.5) is 5.69 Å². The molecule has 0 fully saturated rings. The van der Waals surface area contributed by atoms with Gasteiger partial charge < -0.3 is 10.4 Å². The second-order valence-electron chi connectivity index (χ2n) is 6.12. The molecule has 0 aliphatic carbocycles. The highest BCUT2D eigenvalue weighted by molar-refractivity contribution is 9.10. The molecule has 0 radical (unpaired) electrons. The number of halogens is 1. The van der Waals surface area contributed by atoms with Crippen LogP contribution in [0, 0.1) is 13.8 Å². The van der Waals surface area contributed by atoms with E-state index in [0.29, 0.717) is 12.2 Å². The first kappa shape index (κ1) is 18.8. The highest BCUT2D eigenvalue weighted by Crippen LogP contribution is 2.21. The van der Waals surface area contributed by atoms with Crippen molar-refractivity contribution < 1.29 is 14.7 Å². The van der Waals surface area contributed by atoms with Crippen LogP contribution in [0.25, 0.3) is 0 Å². The summed E-state index contributed by atoms with van der Waals surface area (Å²) in [5, 5.41) is 20.1. The SMILES string of the molecule is Cc1nn(Cc2cccc(NC(=O)Cn3cc(C(=O)O)cn3)c2)c(C)c1Br. The normalized spacial score (nSPS) is 10.8. The predicted molar refractivity (Wildman–Crippen MR) is 103 cm³/mol. The van der Waals surface area contributed by atoms with Crippen LogP contribution in [0.15, 0.2) is 41.1 Å². The lowest BCUT2D eigenvalue weighted by atomic mass is 10.2. The minimum atomic E-state index is -1.08. The number of nitrogens with zero attached hydrogens (tertiary/aromatic N) is 4. The Kier molecular flexibility index (Phi) is 5.41. The van der Waals surface area contributed by atoms with Gasteiger partial charge in [0.25, 0.3) is 0 Å². The van der Waals surface area contributed by atoms with Gasteiger partial charge in [0.15, 0.2) is 0 Å². The number of aryl methyl sites for hydroxylation is 1. The molecule has 0 unspecified atom stereocenters. The highest BCUT2D eigenvalue weighted by atomic mass is 79.9. The Morgan fingerprint density at radius 3 is 2.70 bits per heavy atom. The number of hydrogen-bond donors (Lipinski definition) is 2. The Bertz CT molecular complexity index is 1010. The Hall–Kier alpha value is -2.94. The van der Waals surface area contributed by atoms with Crippen LogP contribution in [0.3, 0.4) is 0 Å². The summed E-state index contributed by atoms with van der Waals surface area (Å²) in [5.41, 5.74) is 3.66. The molecular weight excluding hydrogens is 414 g/mol. The molecule has 9 heteroatoms. The summed E-state index contributed by atoms with van der Waals surface area (Å²) in [6.45, 7) is 4.45. The molecule has 0 saturated heterocycles. The van der Waals surface area contributed by atoms with E-state index in [4.69, 9.17) is 5.11 Å². The Balaban J connectivity index is 1.66. The van der Waals surface area contributed by atoms with Crippen LogP contribution in [-0.4, -0.2) is 36.5 Å². The highest BCUT2D eigenvalue weighted by Gasteiger charge is 2.11. The zero-order valence-corrected chi connectivity index (χ0v) is 16.4. The van der Waals surface area contributed by atoms with E-state index in [9.17, 15) is 9.59 Å². The van der Waals surface area contributed by atoms with Crippen molar-refractivity contribution in [3.63, 3.8) is 0 Å². The standard InChI is InChI=1S/C18H18BrN5O3/c1-11-17(19)12(2)24(22-11)8-13-4-3-5-15(6-13)21-16(25)10-23-9-14(7-20-23)18(26)27/h3-7,9H,8,10H2,1-2H3,(H,21,25)(H,26,27). The molecule has 0 atom stereocenters. The van der Waals surface area contributed by atoms with Crippen molar-refractivity contribution >= 4 is 33.5 Å². The van der Waals surface area contributed by atoms with Gasteiger partial charge >= 0.3 is 5.97 Å². The Morgan fingerprint density at radius 1 is 1.30 bits per heavy atom. The minimum absolute atomic E-state index is 0.0424. The van der Waals surface area contributed by atoms with Crippen molar-refractivity contribution in [2.45, 2.75) is 26.9 Å². The number of benzene rings is 1. The molecule has 2 heterocycles. The molecule has 2 aromatic heterocycles. The summed E-state index contributed by atoms with van der Waals surface area (Å²) in [4.78, 5) is 23.1. The quantitative estimate of drug-likeness (QED) is 0.624. The maximum atomic E-state index is 12.2. The minimum Gasteiger partial charge on any atom is -0.478 e. The molecule has 27 heavy (non-hydrogen) atoms. The lowest BCUT2D eigenvalue weighted by molar-refractivity contribution is -0.116. The molecule has 0 spiro atoms. The maximum Gasteiger partial charge on any atom is 0.338 e. The number of carboxylic acid groups (broad SMARTS) is 1. The predicted octanol–water partition coefficient (Wildman–Crippen LogP) is 2.84. The van der Waals surface area contributed by atoms with Gasteiger partial charge in [-0.1, -0.05) is 12.1 Å². The number of aromatic carboxylic acids is 1. The maximum absolute atomic E-state index is 12.2. The molecule has 8 nitrogen and oxygen atoms in total. The van der Waals surface area contributed by atoms with Gasteiger partial charge in [0.1, 0.15) is 6.54 Å². The first-order chi connectivity index (χ1) is 12.8. The summed E-state index contributed by atoms with van der Waals surface area (Å²) in [7, 11) is 0. The third-order valence-corrected chi connectivity index (χ3v) is 5.17. The number of amides is 1. The average Bonchev–Trinajstić information content (AvgIpc) is 3.16. The smallest absolute Gasteiger partial charge is 0.338 e. The zero-order valence-electron chi connectivity index (χ0n) is 14.8. The van der Waals surface area contributed by atoms with Crippen LogP contribution in [-0.2, 0) is 17.9 Å². The molecular formula is C18H18BrN5O3. The number of aromatic nitrogens is 4. The molecule has 1 amide bonds. The molecule has 3 aromatic rings. The summed E-state index contributed by atoms with van der Waals surface area (Å²) >= 11 is 3.52. The van der Waals surface area contributed by atoms with E-state index in [2.05, 4.69) is 31.4 Å². The number of carboxylic acids is 1. The summed E-state index contributed by atoms with van der Waals surface area (Å²) in [6, 6.07) is 7.51. The van der Waals surface area contributed by atoms with E-state index in [0.717, 1.165) is 21.4 Å². The number of carbonyl (C=O) groups excluding carboxylic acids is 1. The number of carbonyl (C=O) groups is 2. The van der Waals surface area contributed by atoms with E-state index in [1.54, 1.807) is 6.07 Å². The van der Waals surface area contributed by atoms with Gasteiger partial charge in [0.2, 0.25) is 5.91 Å². The third kappa shape index (κ3) is 4.43. The first-order valence-corrected chi connectivity index (χ1v) is 8.97. The van der Waals surface area contributed by atoms with Gasteiger partial charge in [-0.25, -0.2) is 4.79 Å². The van der Waals surface area contributed by atoms with Crippen LogP contribution >= 0.6 is 15.9 Å². The van der Waals surface area contributed by atoms with E-state index in [1.807, 2.05) is 36.7 Å². The molecule has 140 valence electrons. The van der Waals surface area contributed by atoms with E-state index < -0.39 is 5.97 Å². The van der Waals surface area contributed by atoms with E-state index in [1.165, 1.54) is 17.1 Å². The summed E-state index contributed by atoms with van der Waals surface area (Å²) < 4.78 is 4.18. The Morgan fingerprint density at radius 2 is 2.07 bits per heavy atom. The summed E-state index contributed by atoms with van der Waals surface area (Å²) in [5.74, 6) is -1.37. The van der Waals surface area contributed by atoms with Gasteiger partial charge in [-0.15, -0.1) is 0 Å². The zero-order chi connectivity index (χ0) is 19.6. The topological polar surface area (TPSA) is 102 Å². The van der Waals surface area contributed by atoms with Gasteiger partial charge in [0.05, 0.1) is 34.2 Å². The molecule has 2 N–H and O–H groups in total. The van der Waals surface area contributed by atoms with E-state index in [-0.39, 0.29) is 18.0 Å². The van der Waals surface area contributed by atoms with Gasteiger partial charge in [-0.05, 0) is 47.5 Å². The molecule has 1 aromatic carbocycles. The van der Waals surface area contributed by atoms with Crippen molar-refractivity contribution in [2.24, 2.45) is 0 Å². The molecule has 3 rings (SSSR count). The van der Waals surface area contributed by atoms with Gasteiger partial charge in [-0.2, -0.15) is 10.2 Å². The molecule has 0 aliphatic rings. The van der Waals surface area contributed by atoms with Crippen molar-refractivity contribution in [1.82, 2.24) is 19.6 Å². The van der Waals surface area contributed by atoms with Crippen LogP contribution in [0.5, 0.6) is 0 Å². The van der Waals surface area contributed by atoms with Crippen LogP contribution < -0.4 is 5.32 Å². The number of rotatable bonds is 6. The van der Waals surface area contributed by atoms with Crippen molar-refractivity contribution in [3.8, 4) is 0 Å². The van der Waals surface area contributed by atoms with E-state index >= 15 is 0 Å². The van der Waals surface area contributed by atoms with Gasteiger partial charge in [0, 0.05) is 11.9 Å². The van der Waals surface area contributed by atoms with Crippen molar-refractivity contribution in [1.29, 1.82) is 0 Å². The monoisotopic (exact) mass is 431 g/mol. The number of anilines is 1. The van der Waals surface area contributed by atoms with Crippen LogP contribution in [0.2, 0.25) is 0 Å². The second kappa shape index (κ2) is 7.75. The summed E-state index contributed by atoms with van der Waals surface area (Å²) in [6.07, 6.45) is 2.53. The third-order valence-electron chi connectivity index (χ3n) is 4.02. The average molecular weight is 432 g/mol. The molecule has 0 bridgehead atoms. The largest absolute Gasteiger partial charge is 0.478 e. The van der Waals surface area contributed by atoms with Crippen molar-refractivity contribution in [3.05, 3.63) is 63.6 Å². The van der Waals surface area contributed by atoms with Crippen molar-refractivity contribution in [2.75, 3.05) is 5.32 Å². The number of hydrogen-bond acceptors (Lipinski definition) is 4. The Labute approximate surface area is 163 Å². The fourth-order valence-corrected chi connectivity index (χ4v) is 2.94. The fourth-order valence-electron chi connectivity index (χ4n) is 2.66. The van der Waals surface area contributed by atoms with Crippen LogP contribution in [0.1, 0.15) is 27.3 Å². The molecule has 0 aliphatic heterocycles. The fraction of sp³-hybridized carbons (Fsp3) is 0.222. The lowest BCUT2D eigenvalue weighted by Crippen LogP contribution is -2.19. The lowest BCUT2D eigenvalue weighted by Gasteiger charge is -2.09.